The maximum atomic E-state index is 9.54. The number of amidine groups is 1. The van der Waals surface area contributed by atoms with Gasteiger partial charge in [-0.1, -0.05) is 46.6 Å². The summed E-state index contributed by atoms with van der Waals surface area (Å²) in [5.74, 6) is 2.81. The number of carbonyl (C=O) groups is 1. The third kappa shape index (κ3) is 16.8. The molecule has 16 heteroatoms. The summed E-state index contributed by atoms with van der Waals surface area (Å²) in [6.07, 6.45) is 0. The van der Waals surface area contributed by atoms with E-state index in [1.54, 1.807) is 24.3 Å². The van der Waals surface area contributed by atoms with E-state index in [0.29, 0.717) is 32.3 Å². The number of oxime groups is 1. The molecular formula is C18H24Cl3N4NaO8. The van der Waals surface area contributed by atoms with Crippen molar-refractivity contribution in [1.29, 1.82) is 5.26 Å². The number of benzene rings is 2. The van der Waals surface area contributed by atoms with Crippen molar-refractivity contribution < 1.29 is 71.6 Å². The maximum Gasteiger partial charge on any atom is 1.00 e. The number of nitriles is 1. The molecule has 0 bridgehead atoms. The van der Waals surface area contributed by atoms with E-state index in [9.17, 15) is 4.79 Å². The van der Waals surface area contributed by atoms with E-state index in [1.165, 1.54) is 12.1 Å². The van der Waals surface area contributed by atoms with Crippen molar-refractivity contribution in [3.05, 3.63) is 68.7 Å². The summed E-state index contributed by atoms with van der Waals surface area (Å²) in [5, 5.41) is 54.8. The summed E-state index contributed by atoms with van der Waals surface area (Å²) < 4.78 is 0. The Labute approximate surface area is 234 Å². The molecule has 0 heterocycles. The Hall–Kier alpha value is -1.70. The average Bonchev–Trinajstić information content (AvgIpc) is 2.80. The fraction of sp³-hybridized carbons (Fsp3) is 0.167. The number of halogens is 3. The summed E-state index contributed by atoms with van der Waals surface area (Å²) in [7, 11) is 0. The van der Waals surface area contributed by atoms with Crippen molar-refractivity contribution in [2.45, 2.75) is 20.1 Å². The van der Waals surface area contributed by atoms with E-state index in [0.717, 1.165) is 6.92 Å². The monoisotopic (exact) mass is 552 g/mol. The number of aliphatic hydroxyl groups excluding tert-OH is 2. The van der Waals surface area contributed by atoms with Crippen LogP contribution in [-0.2, 0) is 27.9 Å². The van der Waals surface area contributed by atoms with Crippen LogP contribution in [0.5, 0.6) is 0 Å². The van der Waals surface area contributed by atoms with Crippen LogP contribution in [0.15, 0.2) is 41.6 Å². The van der Waals surface area contributed by atoms with Gasteiger partial charge in [-0.2, -0.15) is 5.26 Å². The zero-order valence-electron chi connectivity index (χ0n) is 19.1. The third-order valence-electron chi connectivity index (χ3n) is 3.13. The van der Waals surface area contributed by atoms with Gasteiger partial charge in [-0.25, -0.2) is 15.9 Å². The van der Waals surface area contributed by atoms with E-state index in [-0.39, 0.29) is 62.4 Å². The summed E-state index contributed by atoms with van der Waals surface area (Å²) in [6.45, 7) is 0.885. The first-order valence-electron chi connectivity index (χ1n) is 8.15. The Morgan fingerprint density at radius 1 is 1.12 bits per heavy atom. The molecule has 0 radical (unpaired) electrons. The van der Waals surface area contributed by atoms with E-state index < -0.39 is 5.97 Å². The molecule has 2 aromatic rings. The van der Waals surface area contributed by atoms with Crippen molar-refractivity contribution in [3.63, 3.8) is 0 Å². The van der Waals surface area contributed by atoms with Crippen LogP contribution >= 0.6 is 35.6 Å². The first-order valence-corrected chi connectivity index (χ1v) is 8.90. The fourth-order valence-corrected chi connectivity index (χ4v) is 2.17. The average molecular weight is 554 g/mol. The molecule has 0 saturated heterocycles. The van der Waals surface area contributed by atoms with Crippen molar-refractivity contribution in [2.24, 2.45) is 16.8 Å². The molecular weight excluding hydrogens is 530 g/mol. The first-order chi connectivity index (χ1) is 15.2. The van der Waals surface area contributed by atoms with Gasteiger partial charge in [-0.15, -0.1) is 12.4 Å². The van der Waals surface area contributed by atoms with E-state index >= 15 is 0 Å². The molecule has 0 atom stereocenters. The van der Waals surface area contributed by atoms with Gasteiger partial charge in [0.05, 0.1) is 24.8 Å². The van der Waals surface area contributed by atoms with Gasteiger partial charge in [0.2, 0.25) is 0 Å². The molecule has 0 amide bonds. The third-order valence-corrected chi connectivity index (χ3v) is 3.84. The van der Waals surface area contributed by atoms with Gasteiger partial charge in [-0.3, -0.25) is 4.89 Å². The molecule has 34 heavy (non-hydrogen) atoms. The second kappa shape index (κ2) is 24.4. The molecule has 0 saturated carbocycles. The Morgan fingerprint density at radius 3 is 1.88 bits per heavy atom. The fourth-order valence-electron chi connectivity index (χ4n) is 1.69. The molecule has 12 nitrogen and oxygen atoms in total. The van der Waals surface area contributed by atoms with Crippen LogP contribution in [-0.4, -0.2) is 37.7 Å². The van der Waals surface area contributed by atoms with Gasteiger partial charge in [0, 0.05) is 22.5 Å². The molecule has 2 aromatic carbocycles. The summed E-state index contributed by atoms with van der Waals surface area (Å²) in [5.41, 5.74) is 7.61. The summed E-state index contributed by atoms with van der Waals surface area (Å²) in [4.78, 5) is 13.0. The molecule has 0 unspecified atom stereocenters. The molecule has 0 aliphatic carbocycles. The Bertz CT molecular complexity index is 924. The minimum Gasteiger partial charge on any atom is -1.00 e. The summed E-state index contributed by atoms with van der Waals surface area (Å²) in [6, 6.07) is 11.5. The van der Waals surface area contributed by atoms with Gasteiger partial charge in [0.1, 0.15) is 0 Å². The van der Waals surface area contributed by atoms with Crippen LogP contribution in [0.4, 0.5) is 0 Å². The van der Waals surface area contributed by atoms with Crippen LogP contribution in [0.2, 0.25) is 10.0 Å². The normalized spacial score (nSPS) is 8.97. The minimum absolute atomic E-state index is 0. The van der Waals surface area contributed by atoms with E-state index in [1.807, 2.05) is 6.07 Å². The molecule has 9 N–H and O–H groups in total. The van der Waals surface area contributed by atoms with Gasteiger partial charge >= 0.3 is 35.5 Å². The van der Waals surface area contributed by atoms with Crippen LogP contribution in [0, 0.1) is 11.3 Å². The van der Waals surface area contributed by atoms with Gasteiger partial charge in [0.25, 0.3) is 0 Å². The maximum absolute atomic E-state index is 9.54. The number of nitrogens with zero attached hydrogens (tertiary/aromatic N) is 2. The molecule has 186 valence electrons. The van der Waals surface area contributed by atoms with Gasteiger partial charge < -0.3 is 27.8 Å². The van der Waals surface area contributed by atoms with E-state index in [4.69, 9.17) is 60.1 Å². The van der Waals surface area contributed by atoms with Crippen LogP contribution in [0.3, 0.4) is 0 Å². The second-order valence-electron chi connectivity index (χ2n) is 5.18. The summed E-state index contributed by atoms with van der Waals surface area (Å²) >= 11 is 11.5. The van der Waals surface area contributed by atoms with Crippen LogP contribution in [0.25, 0.3) is 0 Å². The zero-order valence-corrected chi connectivity index (χ0v) is 22.4. The van der Waals surface area contributed by atoms with Crippen molar-refractivity contribution in [2.75, 3.05) is 0 Å². The van der Waals surface area contributed by atoms with Crippen LogP contribution < -0.4 is 41.2 Å². The number of rotatable bonds is 4. The van der Waals surface area contributed by atoms with Gasteiger partial charge in [-0.05, 0) is 34.4 Å². The largest absolute Gasteiger partial charge is 1.00 e. The Kier molecular flexibility index (Phi) is 28.4. The SMILES string of the molecule is CC(=O)OOO.Cl.N#Cc1ccc(CO)c(Cl)c1.N/C(=N\O)c1ccc(CO)c(Cl)c1.NO.[H-].[Na+]. The number of aliphatic hydroxyl groups is 2. The van der Waals surface area contributed by atoms with Gasteiger partial charge in [0.15, 0.2) is 5.84 Å². The predicted octanol–water partition coefficient (Wildman–Crippen LogP) is -0.543. The number of nitrogens with two attached hydrogens (primary N) is 2. The predicted molar refractivity (Wildman–Crippen MR) is 122 cm³/mol. The smallest absolute Gasteiger partial charge is 1.00 e. The minimum atomic E-state index is -0.683. The Balaban J connectivity index is -0.000000125. The van der Waals surface area contributed by atoms with E-state index in [2.05, 4.69) is 21.0 Å². The number of carbonyl (C=O) groups excluding carboxylic acids is 1. The van der Waals surface area contributed by atoms with Crippen LogP contribution in [0.1, 0.15) is 30.6 Å². The molecule has 0 fully saturated rings. The number of hydrogen-bond donors (Lipinski definition) is 7. The Morgan fingerprint density at radius 2 is 1.59 bits per heavy atom. The van der Waals surface area contributed by atoms with Crippen molar-refractivity contribution >= 4 is 47.4 Å². The quantitative estimate of drug-likeness (QED) is 0.0635. The second-order valence-corrected chi connectivity index (χ2v) is 5.99. The molecule has 0 aromatic heterocycles. The first kappa shape index (κ1) is 39.5. The standard InChI is InChI=1S/C8H9ClN2O2.C8H6ClNO.C2H4O4.ClH.H3NO.Na.H/c9-7-3-5(8(10)11-13)1-2-6(7)4-12;9-8-3-6(4-10)1-2-7(8)5-11;1-2(3)5-6-4;;1-2;;/h1-3,12-13H,4H2,(H2,10,11);1-3,11H,5H2;4H,1H3;1H;2H,1H2;;/q;;;;;+1;-1. The topological polar surface area (TPSA) is 225 Å². The molecule has 0 aliphatic heterocycles. The van der Waals surface area contributed by atoms with Crippen molar-refractivity contribution in [3.8, 4) is 6.07 Å². The van der Waals surface area contributed by atoms with Crippen molar-refractivity contribution in [1.82, 2.24) is 0 Å². The number of hydrogen-bond acceptors (Lipinski definition) is 11. The molecule has 0 spiro atoms. The molecule has 2 rings (SSSR count). The zero-order chi connectivity index (χ0) is 25.1. The molecule has 0 aliphatic rings.